The SMILES string of the molecule is NC(=O)C1CCc2nc(N(C(N)=O)c3cccc(Cl)c3)sc2C1. The highest BCUT2D eigenvalue weighted by molar-refractivity contribution is 7.16. The van der Waals surface area contributed by atoms with Gasteiger partial charge in [-0.15, -0.1) is 11.3 Å². The van der Waals surface area contributed by atoms with Crippen LogP contribution in [0.3, 0.4) is 0 Å². The van der Waals surface area contributed by atoms with E-state index in [2.05, 4.69) is 4.98 Å². The summed E-state index contributed by atoms with van der Waals surface area (Å²) in [4.78, 5) is 30.1. The Kier molecular flexibility index (Phi) is 4.23. The van der Waals surface area contributed by atoms with Gasteiger partial charge in [0, 0.05) is 15.8 Å². The minimum absolute atomic E-state index is 0.177. The van der Waals surface area contributed by atoms with Gasteiger partial charge in [-0.25, -0.2) is 14.7 Å². The second kappa shape index (κ2) is 6.17. The van der Waals surface area contributed by atoms with E-state index in [0.29, 0.717) is 35.1 Å². The quantitative estimate of drug-likeness (QED) is 0.889. The number of carbonyl (C=O) groups is 2. The van der Waals surface area contributed by atoms with Gasteiger partial charge in [0.1, 0.15) is 0 Å². The molecule has 3 rings (SSSR count). The molecule has 1 unspecified atom stereocenters. The van der Waals surface area contributed by atoms with Gasteiger partial charge in [-0.3, -0.25) is 4.79 Å². The van der Waals surface area contributed by atoms with Crippen LogP contribution in [0.25, 0.3) is 0 Å². The molecule has 1 aliphatic rings. The Morgan fingerprint density at radius 1 is 1.35 bits per heavy atom. The molecule has 1 heterocycles. The lowest BCUT2D eigenvalue weighted by Crippen LogP contribution is -2.31. The lowest BCUT2D eigenvalue weighted by atomic mass is 9.91. The van der Waals surface area contributed by atoms with Gasteiger partial charge in [0.2, 0.25) is 5.91 Å². The molecule has 0 fully saturated rings. The number of amides is 3. The van der Waals surface area contributed by atoms with Gasteiger partial charge in [0.25, 0.3) is 0 Å². The second-order valence-corrected chi connectivity index (χ2v) is 6.86. The maximum atomic E-state index is 11.9. The topological polar surface area (TPSA) is 102 Å². The molecule has 0 aliphatic heterocycles. The molecule has 0 saturated heterocycles. The van der Waals surface area contributed by atoms with E-state index < -0.39 is 6.03 Å². The lowest BCUT2D eigenvalue weighted by molar-refractivity contribution is -0.122. The molecule has 4 N–H and O–H groups in total. The predicted octanol–water partition coefficient (Wildman–Crippen LogP) is 2.60. The van der Waals surface area contributed by atoms with E-state index in [0.717, 1.165) is 10.6 Å². The summed E-state index contributed by atoms with van der Waals surface area (Å²) < 4.78 is 0. The van der Waals surface area contributed by atoms with Crippen molar-refractivity contribution in [3.8, 4) is 0 Å². The van der Waals surface area contributed by atoms with Crippen molar-refractivity contribution in [2.75, 3.05) is 4.90 Å². The van der Waals surface area contributed by atoms with E-state index in [1.807, 2.05) is 0 Å². The summed E-state index contributed by atoms with van der Waals surface area (Å²) in [5.74, 6) is -0.476. The Labute approximate surface area is 142 Å². The highest BCUT2D eigenvalue weighted by atomic mass is 35.5. The summed E-state index contributed by atoms with van der Waals surface area (Å²) in [5, 5.41) is 0.985. The number of nitrogens with two attached hydrogens (primary N) is 2. The van der Waals surface area contributed by atoms with Gasteiger partial charge in [-0.05, 0) is 37.5 Å². The Bertz CT molecular complexity index is 777. The number of nitrogens with zero attached hydrogens (tertiary/aromatic N) is 2. The smallest absolute Gasteiger partial charge is 0.325 e. The molecule has 23 heavy (non-hydrogen) atoms. The average molecular weight is 351 g/mol. The van der Waals surface area contributed by atoms with Crippen LogP contribution in [0.5, 0.6) is 0 Å². The van der Waals surface area contributed by atoms with E-state index >= 15 is 0 Å². The van der Waals surface area contributed by atoms with Crippen molar-refractivity contribution in [1.82, 2.24) is 4.98 Å². The van der Waals surface area contributed by atoms with Crippen LogP contribution in [0.1, 0.15) is 17.0 Å². The molecule has 1 aromatic heterocycles. The van der Waals surface area contributed by atoms with Crippen molar-refractivity contribution in [3.05, 3.63) is 39.9 Å². The van der Waals surface area contributed by atoms with Gasteiger partial charge >= 0.3 is 6.03 Å². The number of hydrogen-bond acceptors (Lipinski definition) is 4. The first kappa shape index (κ1) is 15.8. The third kappa shape index (κ3) is 3.16. The third-order valence-electron chi connectivity index (χ3n) is 3.81. The summed E-state index contributed by atoms with van der Waals surface area (Å²) in [6.45, 7) is 0. The Hall–Kier alpha value is -2.12. The van der Waals surface area contributed by atoms with Gasteiger partial charge in [0.05, 0.1) is 11.4 Å². The number of aryl methyl sites for hydroxylation is 1. The maximum Gasteiger partial charge on any atom is 0.325 e. The van der Waals surface area contributed by atoms with Crippen LogP contribution in [0.2, 0.25) is 5.02 Å². The molecule has 0 radical (unpaired) electrons. The minimum Gasteiger partial charge on any atom is -0.369 e. The molecule has 0 saturated carbocycles. The van der Waals surface area contributed by atoms with E-state index in [9.17, 15) is 9.59 Å². The zero-order valence-corrected chi connectivity index (χ0v) is 13.7. The Balaban J connectivity index is 1.97. The summed E-state index contributed by atoms with van der Waals surface area (Å²) in [6, 6.07) is 6.21. The number of primary amides is 2. The average Bonchev–Trinajstić information content (AvgIpc) is 2.89. The largest absolute Gasteiger partial charge is 0.369 e. The van der Waals surface area contributed by atoms with E-state index in [1.165, 1.54) is 16.2 Å². The summed E-state index contributed by atoms with van der Waals surface area (Å²) in [5.41, 5.74) is 12.4. The van der Waals surface area contributed by atoms with Crippen molar-refractivity contribution >= 4 is 45.7 Å². The molecule has 6 nitrogen and oxygen atoms in total. The van der Waals surface area contributed by atoms with E-state index in [4.69, 9.17) is 23.1 Å². The lowest BCUT2D eigenvalue weighted by Gasteiger charge is -2.17. The van der Waals surface area contributed by atoms with Crippen molar-refractivity contribution in [2.24, 2.45) is 17.4 Å². The Morgan fingerprint density at radius 2 is 2.13 bits per heavy atom. The number of aromatic nitrogens is 1. The van der Waals surface area contributed by atoms with Crippen LogP contribution in [-0.2, 0) is 17.6 Å². The molecule has 120 valence electrons. The molecule has 1 aliphatic carbocycles. The first-order valence-corrected chi connectivity index (χ1v) is 8.28. The van der Waals surface area contributed by atoms with E-state index in [1.54, 1.807) is 24.3 Å². The first-order valence-electron chi connectivity index (χ1n) is 7.08. The minimum atomic E-state index is -0.634. The number of rotatable bonds is 3. The number of urea groups is 1. The van der Waals surface area contributed by atoms with Gasteiger partial charge in [-0.2, -0.15) is 0 Å². The van der Waals surface area contributed by atoms with Gasteiger partial charge < -0.3 is 11.5 Å². The van der Waals surface area contributed by atoms with Crippen molar-refractivity contribution in [3.63, 3.8) is 0 Å². The van der Waals surface area contributed by atoms with Crippen LogP contribution >= 0.6 is 22.9 Å². The molecule has 3 amide bonds. The maximum absolute atomic E-state index is 11.9. The summed E-state index contributed by atoms with van der Waals surface area (Å²) in [7, 11) is 0. The number of fused-ring (bicyclic) bond motifs is 1. The molecule has 0 bridgehead atoms. The molecular weight excluding hydrogens is 336 g/mol. The monoisotopic (exact) mass is 350 g/mol. The van der Waals surface area contributed by atoms with Gasteiger partial charge in [0.15, 0.2) is 5.13 Å². The summed E-state index contributed by atoms with van der Waals surface area (Å²) in [6.07, 6.45) is 1.91. The highest BCUT2D eigenvalue weighted by Gasteiger charge is 2.28. The fraction of sp³-hybridized carbons (Fsp3) is 0.267. The second-order valence-electron chi connectivity index (χ2n) is 5.36. The normalized spacial score (nSPS) is 16.7. The van der Waals surface area contributed by atoms with Crippen LogP contribution in [-0.4, -0.2) is 16.9 Å². The third-order valence-corrected chi connectivity index (χ3v) is 5.15. The number of benzene rings is 1. The number of halogens is 1. The molecule has 8 heteroatoms. The molecule has 2 aromatic rings. The number of anilines is 2. The first-order chi connectivity index (χ1) is 11.0. The molecule has 0 spiro atoms. The number of carbonyl (C=O) groups excluding carboxylic acids is 2. The van der Waals surface area contributed by atoms with Crippen LogP contribution in [0.15, 0.2) is 24.3 Å². The fourth-order valence-corrected chi connectivity index (χ4v) is 4.04. The highest BCUT2D eigenvalue weighted by Crippen LogP contribution is 2.37. The van der Waals surface area contributed by atoms with Crippen LogP contribution < -0.4 is 16.4 Å². The summed E-state index contributed by atoms with van der Waals surface area (Å²) >= 11 is 7.35. The zero-order chi connectivity index (χ0) is 16.6. The van der Waals surface area contributed by atoms with Crippen molar-refractivity contribution in [2.45, 2.75) is 19.3 Å². The molecular formula is C15H15ClN4O2S. The molecule has 1 atom stereocenters. The van der Waals surface area contributed by atoms with Crippen LogP contribution in [0.4, 0.5) is 15.6 Å². The fourth-order valence-electron chi connectivity index (χ4n) is 2.65. The van der Waals surface area contributed by atoms with Crippen molar-refractivity contribution in [1.29, 1.82) is 0 Å². The Morgan fingerprint density at radius 3 is 2.78 bits per heavy atom. The predicted molar refractivity (Wildman–Crippen MR) is 90.0 cm³/mol. The standard InChI is InChI=1S/C15H15ClN4O2S/c16-9-2-1-3-10(7-9)20(14(18)22)15-19-11-5-4-8(13(17)21)6-12(11)23-15/h1-3,7-8H,4-6H2,(H2,17,21)(H2,18,22). The number of thiazole rings is 1. The zero-order valence-electron chi connectivity index (χ0n) is 12.2. The van der Waals surface area contributed by atoms with Gasteiger partial charge in [-0.1, -0.05) is 17.7 Å². The number of hydrogen-bond donors (Lipinski definition) is 2. The van der Waals surface area contributed by atoms with Crippen molar-refractivity contribution < 1.29 is 9.59 Å². The molecule has 1 aromatic carbocycles. The van der Waals surface area contributed by atoms with E-state index in [-0.39, 0.29) is 11.8 Å². The van der Waals surface area contributed by atoms with Crippen LogP contribution in [0, 0.1) is 5.92 Å².